The van der Waals surface area contributed by atoms with Crippen molar-refractivity contribution in [1.82, 2.24) is 25.5 Å². The first-order chi connectivity index (χ1) is 48.4. The molecule has 101 heavy (non-hydrogen) atoms. The van der Waals surface area contributed by atoms with Crippen LogP contribution in [0.4, 0.5) is 21.4 Å². The van der Waals surface area contributed by atoms with E-state index >= 15 is 0 Å². The summed E-state index contributed by atoms with van der Waals surface area (Å²) in [6, 6.07) is 21.6. The Hall–Kier alpha value is -9.45. The molecule has 5 aromatic rings. The number of carboxylic acid groups (broad SMARTS) is 2. The Bertz CT molecular complexity index is 4050. The lowest BCUT2D eigenvalue weighted by Crippen LogP contribution is -2.64. The summed E-state index contributed by atoms with van der Waals surface area (Å²) in [6.07, 6.45) is 7.70. The van der Waals surface area contributed by atoms with Crippen LogP contribution in [0.3, 0.4) is 0 Å². The maximum Gasteiger partial charge on any atom is 0.407 e. The number of aliphatic hydroxyl groups excluding tert-OH is 2. The van der Waals surface area contributed by atoms with Gasteiger partial charge in [-0.15, -0.1) is 0 Å². The third-order valence-corrected chi connectivity index (χ3v) is 20.4. The predicted octanol–water partition coefficient (Wildman–Crippen LogP) is 7.79. The van der Waals surface area contributed by atoms with Crippen LogP contribution in [0, 0.1) is 16.2 Å². The Kier molecular flexibility index (Phi) is 22.8. The average Bonchev–Trinajstić information content (AvgIpc) is 1.32. The number of aromatic nitrogens is 2. The first-order valence-corrected chi connectivity index (χ1v) is 34.9. The molecule has 12 rings (SSSR count). The van der Waals surface area contributed by atoms with Crippen LogP contribution in [0.25, 0.3) is 21.9 Å². The third kappa shape index (κ3) is 17.8. The van der Waals surface area contributed by atoms with Crippen LogP contribution in [0.5, 0.6) is 5.75 Å². The Morgan fingerprint density at radius 1 is 0.822 bits per heavy atom. The van der Waals surface area contributed by atoms with Crippen LogP contribution in [0.15, 0.2) is 102 Å². The van der Waals surface area contributed by atoms with E-state index in [1.165, 1.54) is 35.8 Å². The number of carbonyl (C=O) groups is 8. The minimum atomic E-state index is -1.78. The van der Waals surface area contributed by atoms with E-state index in [0.717, 1.165) is 64.8 Å². The normalized spacial score (nSPS) is 24.6. The van der Waals surface area contributed by atoms with E-state index in [9.17, 15) is 58.8 Å². The number of nitrogens with zero attached hydrogens (tertiary/aromatic N) is 5. The molecular weight excluding hydrogens is 1320 g/mol. The van der Waals surface area contributed by atoms with Crippen molar-refractivity contribution in [1.29, 1.82) is 0 Å². The van der Waals surface area contributed by atoms with E-state index in [2.05, 4.69) is 40.1 Å². The highest BCUT2D eigenvalue weighted by atomic mass is 32.1. The van der Waals surface area contributed by atoms with E-state index in [-0.39, 0.29) is 116 Å². The number of alkyl carbamates (subject to hydrolysis) is 1. The smallest absolute Gasteiger partial charge is 0.407 e. The van der Waals surface area contributed by atoms with Crippen molar-refractivity contribution in [2.45, 2.75) is 141 Å². The molecule has 27 nitrogen and oxygen atoms in total. The number of rotatable bonds is 31. The first-order valence-electron chi connectivity index (χ1n) is 34.1. The number of aliphatic hydroxyl groups is 2. The zero-order valence-electron chi connectivity index (χ0n) is 56.7. The van der Waals surface area contributed by atoms with E-state index in [1.807, 2.05) is 48.2 Å². The number of pyridine rings is 1. The molecule has 0 radical (unpaired) electrons. The molecule has 6 amide bonds. The van der Waals surface area contributed by atoms with Gasteiger partial charge in [-0.2, -0.15) is 0 Å². The van der Waals surface area contributed by atoms with Crippen molar-refractivity contribution in [3.8, 4) is 5.75 Å². The zero-order valence-corrected chi connectivity index (χ0v) is 57.5. The molecule has 1 saturated heterocycles. The van der Waals surface area contributed by atoms with Gasteiger partial charge < -0.3 is 70.7 Å². The molecule has 2 unspecified atom stereocenters. The Morgan fingerprint density at radius 2 is 1.60 bits per heavy atom. The van der Waals surface area contributed by atoms with Gasteiger partial charge in [0.15, 0.2) is 16.9 Å². The summed E-state index contributed by atoms with van der Waals surface area (Å²) in [5.74, 6) is -4.01. The lowest BCUT2D eigenvalue weighted by Gasteiger charge is -2.69. The number of aliphatic carboxylic acids is 1. The summed E-state index contributed by atoms with van der Waals surface area (Å²) in [5, 5.41) is 52.4. The van der Waals surface area contributed by atoms with Crippen LogP contribution < -0.4 is 36.6 Å². The highest BCUT2D eigenvalue weighted by Crippen LogP contribution is 2.71. The average molecular weight is 1410 g/mol. The number of nitrogens with one attached hydrogen (secondary N) is 4. The monoisotopic (exact) mass is 1410 g/mol. The predicted molar refractivity (Wildman–Crippen MR) is 375 cm³/mol. The Morgan fingerprint density at radius 3 is 2.36 bits per heavy atom. The van der Waals surface area contributed by atoms with Gasteiger partial charge >= 0.3 is 18.0 Å². The summed E-state index contributed by atoms with van der Waals surface area (Å²) in [7, 11) is 0. The fourth-order valence-corrected chi connectivity index (χ4v) is 17.0. The molecule has 4 aliphatic carbocycles. The molecule has 10 N–H and O–H groups in total. The largest absolute Gasteiger partial charge is 0.479 e. The van der Waals surface area contributed by atoms with Gasteiger partial charge in [-0.1, -0.05) is 68.0 Å². The second-order valence-corrected chi connectivity index (χ2v) is 28.8. The molecule has 536 valence electrons. The topological polar surface area (TPSA) is 382 Å². The van der Waals surface area contributed by atoms with Gasteiger partial charge in [0.05, 0.1) is 47.4 Å². The summed E-state index contributed by atoms with van der Waals surface area (Å²) in [4.78, 5) is 118. The number of nitrogens with two attached hydrogens (primary N) is 1. The molecule has 0 spiro atoms. The number of amides is 6. The highest BCUT2D eigenvalue weighted by Gasteiger charge is 2.66. The molecule has 5 fully saturated rings. The molecule has 3 aliphatic heterocycles. The quantitative estimate of drug-likeness (QED) is 0.0116. The van der Waals surface area contributed by atoms with Crippen LogP contribution in [0.2, 0.25) is 0 Å². The van der Waals surface area contributed by atoms with E-state index in [1.54, 1.807) is 42.5 Å². The second-order valence-electron chi connectivity index (χ2n) is 27.8. The first kappa shape index (κ1) is 72.8. The van der Waals surface area contributed by atoms with Gasteiger partial charge in [-0.25, -0.2) is 24.4 Å². The van der Waals surface area contributed by atoms with Gasteiger partial charge in [0, 0.05) is 99.3 Å². The van der Waals surface area contributed by atoms with Crippen molar-refractivity contribution >= 4 is 103 Å². The van der Waals surface area contributed by atoms with Crippen molar-refractivity contribution in [2.24, 2.45) is 27.0 Å². The number of carboxylic acids is 2. The summed E-state index contributed by atoms with van der Waals surface area (Å²) >= 11 is 1.40. The molecule has 3 aromatic carbocycles. The van der Waals surface area contributed by atoms with Crippen molar-refractivity contribution < 1.29 is 82.5 Å². The molecule has 5 heterocycles. The lowest BCUT2D eigenvalue weighted by molar-refractivity contribution is -0.244. The number of para-hydroxylation sites is 1. The summed E-state index contributed by atoms with van der Waals surface area (Å²) < 4.78 is 30.5. The number of aliphatic imine (C=N–C) groups is 1. The molecule has 28 heteroatoms. The van der Waals surface area contributed by atoms with E-state index in [0.29, 0.717) is 90.8 Å². The number of hydrogen-bond acceptors (Lipinski definition) is 21. The molecule has 2 aromatic heterocycles. The standard InChI is InChI=1S/C73H86N10O17S/c1-44(49(35-74)47-18-20-56(80-62(47)66(91)92)82-28-24-46-12-9-13-48(50(46)36-82)65(90)81-68-79-51-14-6-7-15-55(51)101-68)77-43-72-38-70(2)37-71(3,39-72)41-73(40-70,42-72)98-32-31-96-30-26-76-69(95)97-29-10-11-45-17-19-54(99-61-34-53(84)63(89)64(100-61)67(93)94)52(33-45)78-58(86)23-25-75-57(85)16-5-4-8-27-83-59(87)21-22-60(83)88/h6-7,9-15,17-22,33,35,53,61,63-64,84,89H,4-5,8,16,23-32,34,36-43,74H2,1-3H3,(H,75,85)(H,76,95)(H,78,86)(H,91,92)(H,93,94)(H,79,81,90)/b11-10+,49-35?,77-44?/t53-,61-,63+,64+,70?,71?,72?,73?/m1/s1. The number of allylic oxidation sites excluding steroid dienone is 1. The van der Waals surface area contributed by atoms with Gasteiger partial charge in [0.25, 0.3) is 17.7 Å². The van der Waals surface area contributed by atoms with E-state index < -0.39 is 54.1 Å². The summed E-state index contributed by atoms with van der Waals surface area (Å²) in [5.41, 5.74) is 10.9. The number of imide groups is 1. The third-order valence-electron chi connectivity index (χ3n) is 19.4. The fourth-order valence-electron chi connectivity index (χ4n) is 16.1. The second kappa shape index (κ2) is 31.6. The number of thiazole rings is 1. The van der Waals surface area contributed by atoms with Crippen molar-refractivity contribution in [2.75, 3.05) is 74.7 Å². The van der Waals surface area contributed by atoms with Gasteiger partial charge in [-0.05, 0) is 146 Å². The van der Waals surface area contributed by atoms with Crippen LogP contribution in [-0.2, 0) is 55.9 Å². The zero-order chi connectivity index (χ0) is 71.6. The molecular formula is C73H86N10O17S. The maximum atomic E-state index is 13.8. The number of ether oxygens (including phenoxy) is 5. The molecule has 4 saturated carbocycles. The van der Waals surface area contributed by atoms with Crippen LogP contribution in [0.1, 0.15) is 141 Å². The van der Waals surface area contributed by atoms with Gasteiger partial charge in [0.1, 0.15) is 24.3 Å². The number of hydrogen-bond donors (Lipinski definition) is 9. The number of benzene rings is 3. The van der Waals surface area contributed by atoms with Gasteiger partial charge in [0.2, 0.25) is 18.1 Å². The number of anilines is 3. The summed E-state index contributed by atoms with van der Waals surface area (Å²) in [6.45, 7) is 9.06. The molecule has 7 aliphatic rings. The maximum absolute atomic E-state index is 13.8. The molecule has 6 atom stereocenters. The van der Waals surface area contributed by atoms with Crippen molar-refractivity contribution in [3.63, 3.8) is 0 Å². The fraction of sp³-hybridized carbons (Fsp3) is 0.466. The number of unbranched alkanes of at least 4 members (excludes halogenated alkanes) is 2. The Balaban J connectivity index is 0.631. The number of aromatic carboxylic acids is 1. The van der Waals surface area contributed by atoms with Crippen molar-refractivity contribution in [3.05, 3.63) is 131 Å². The molecule has 4 bridgehead atoms. The van der Waals surface area contributed by atoms with Crippen LogP contribution >= 0.6 is 11.3 Å². The lowest BCUT2D eigenvalue weighted by atomic mass is 9.39. The number of fused-ring (bicyclic) bond motifs is 2. The van der Waals surface area contributed by atoms with Crippen LogP contribution in [-0.4, -0.2) is 178 Å². The van der Waals surface area contributed by atoms with Gasteiger partial charge in [-0.3, -0.25) is 39.2 Å². The minimum absolute atomic E-state index is 0.00581. The number of carbonyl (C=O) groups excluding carboxylic acids is 6. The van der Waals surface area contributed by atoms with E-state index in [4.69, 9.17) is 39.4 Å². The SMILES string of the molecule is CC(=NCC12CC3(C)CC(C)(C1)CC(OCCOCCNC(=O)OC/C=C/c1ccc(O[C@H]4C[C@@H](O)[C@H](O)[C@@H](C(=O)O)O4)c(NC(=O)CCNC(=O)CCCCCN4C(=O)C=CC4=O)c1)(C3)C2)C(=CN)c1ccc(N2CCc3cccc(C(=O)Nc4nc5ccccc5s4)c3C2)nc1C(=O)O. The minimum Gasteiger partial charge on any atom is -0.479 e. The highest BCUT2D eigenvalue weighted by molar-refractivity contribution is 7.22. The Labute approximate surface area is 587 Å².